The zero-order chi connectivity index (χ0) is 10.3. The molecule has 7 heteroatoms. The molecular weight excluding hydrogens is 190 g/mol. The number of carboxylic acid groups (broad SMARTS) is 1. The summed E-state index contributed by atoms with van der Waals surface area (Å²) < 4.78 is 0. The molecule has 0 saturated carbocycles. The van der Waals surface area contributed by atoms with Crippen molar-refractivity contribution in [1.82, 2.24) is 14.9 Å². The highest BCUT2D eigenvalue weighted by Crippen LogP contribution is 2.16. The molecule has 0 aromatic rings. The summed E-state index contributed by atoms with van der Waals surface area (Å²) in [6.45, 7) is 0. The summed E-state index contributed by atoms with van der Waals surface area (Å²) in [6, 6.07) is 1.21. The van der Waals surface area contributed by atoms with Gasteiger partial charge < -0.3 is 10.3 Å². The first-order valence-electron chi connectivity index (χ1n) is 3.63. The van der Waals surface area contributed by atoms with Crippen molar-refractivity contribution in [1.29, 1.82) is 0 Å². The van der Waals surface area contributed by atoms with Crippen LogP contribution in [0.3, 0.4) is 0 Å². The predicted molar refractivity (Wildman–Crippen MR) is 43.6 cm³/mol. The van der Waals surface area contributed by atoms with Gasteiger partial charge in [0.1, 0.15) is 11.4 Å². The third-order valence-corrected chi connectivity index (χ3v) is 1.71. The Labute approximate surface area is 76.5 Å². The molecule has 0 radical (unpaired) electrons. The van der Waals surface area contributed by atoms with Gasteiger partial charge in [0.25, 0.3) is 5.56 Å². The highest BCUT2D eigenvalue weighted by molar-refractivity contribution is 5.88. The molecule has 0 aromatic carbocycles. The lowest BCUT2D eigenvalue weighted by Crippen LogP contribution is -2.17. The van der Waals surface area contributed by atoms with Crippen LogP contribution in [0.1, 0.15) is 10.5 Å². The number of hydrogen-bond acceptors (Lipinski definition) is 4. The molecule has 0 unspecified atom stereocenters. The van der Waals surface area contributed by atoms with Crippen LogP contribution in [-0.4, -0.2) is 31.2 Å². The van der Waals surface area contributed by atoms with E-state index in [2.05, 4.69) is 4.98 Å². The molecule has 2 aliphatic rings. The molecule has 0 amide bonds. The maximum Gasteiger partial charge on any atom is 0.354 e. The molecule has 0 atom stereocenters. The van der Waals surface area contributed by atoms with Crippen molar-refractivity contribution in [2.75, 3.05) is 0 Å². The second-order valence-electron chi connectivity index (χ2n) is 2.67. The van der Waals surface area contributed by atoms with Crippen LogP contribution in [0.4, 0.5) is 0 Å². The molecule has 2 heterocycles. The lowest BCUT2D eigenvalue weighted by atomic mass is 10.2. The minimum atomic E-state index is -1.22. The van der Waals surface area contributed by atoms with Gasteiger partial charge in [-0.25, -0.2) is 14.9 Å². The van der Waals surface area contributed by atoms with Crippen molar-refractivity contribution in [3.05, 3.63) is 28.3 Å². The maximum atomic E-state index is 11.1. The fraction of sp³-hybridized carbons (Fsp3) is 0. The van der Waals surface area contributed by atoms with Crippen LogP contribution in [-0.2, 0) is 0 Å². The Balaban J connectivity index is 2.77. The molecule has 0 fully saturated rings. The Morgan fingerprint density at radius 2 is 2.29 bits per heavy atom. The highest BCUT2D eigenvalue weighted by atomic mass is 16.5. The molecule has 3 N–H and O–H groups in total. The van der Waals surface area contributed by atoms with Gasteiger partial charge in [0.05, 0.1) is 6.20 Å². The van der Waals surface area contributed by atoms with Gasteiger partial charge >= 0.3 is 5.97 Å². The first kappa shape index (κ1) is 8.30. The average Bonchev–Trinajstić information content (AvgIpc) is 2.47. The van der Waals surface area contributed by atoms with Crippen molar-refractivity contribution in [3.63, 3.8) is 0 Å². The van der Waals surface area contributed by atoms with Gasteiger partial charge in [0.2, 0.25) is 0 Å². The Hall–Kier alpha value is -2.31. The van der Waals surface area contributed by atoms with Crippen LogP contribution in [0.5, 0.6) is 0 Å². The topological polar surface area (TPSA) is 108 Å². The van der Waals surface area contributed by atoms with Crippen LogP contribution < -0.4 is 5.56 Å². The normalized spacial score (nSPS) is 10.6. The predicted octanol–water partition coefficient (Wildman–Crippen LogP) is -0.388. The summed E-state index contributed by atoms with van der Waals surface area (Å²) in [4.78, 5) is 25.7. The molecule has 0 bridgehead atoms. The highest BCUT2D eigenvalue weighted by Gasteiger charge is 2.17. The quantitative estimate of drug-likeness (QED) is 0.537. The Morgan fingerprint density at radius 1 is 1.57 bits per heavy atom. The second kappa shape index (κ2) is 2.59. The number of aromatic carboxylic acids is 1. The smallest absolute Gasteiger partial charge is 0.354 e. The van der Waals surface area contributed by atoms with Crippen molar-refractivity contribution in [2.24, 2.45) is 0 Å². The van der Waals surface area contributed by atoms with E-state index in [9.17, 15) is 9.59 Å². The maximum absolute atomic E-state index is 11.1. The van der Waals surface area contributed by atoms with E-state index in [1.165, 1.54) is 6.07 Å². The summed E-state index contributed by atoms with van der Waals surface area (Å²) in [6.07, 6.45) is 1.16. The SMILES string of the molecule is O=C(O)c1cc2cn(O)[nH]c(=O)c-2n1. The zero-order valence-corrected chi connectivity index (χ0v) is 6.76. The van der Waals surface area contributed by atoms with Crippen LogP contribution in [0.15, 0.2) is 17.1 Å². The zero-order valence-electron chi connectivity index (χ0n) is 6.76. The van der Waals surface area contributed by atoms with Crippen molar-refractivity contribution in [3.8, 4) is 11.3 Å². The van der Waals surface area contributed by atoms with E-state index in [1.807, 2.05) is 5.10 Å². The van der Waals surface area contributed by atoms with Crippen LogP contribution >= 0.6 is 0 Å². The number of fused-ring (bicyclic) bond motifs is 1. The number of rotatable bonds is 1. The molecule has 72 valence electrons. The Morgan fingerprint density at radius 3 is 2.93 bits per heavy atom. The largest absolute Gasteiger partial charge is 0.477 e. The van der Waals surface area contributed by atoms with Crippen molar-refractivity contribution in [2.45, 2.75) is 0 Å². The van der Waals surface area contributed by atoms with Gasteiger partial charge in [0, 0.05) is 5.56 Å². The Kier molecular flexibility index (Phi) is 1.53. The van der Waals surface area contributed by atoms with E-state index in [0.717, 1.165) is 6.20 Å². The van der Waals surface area contributed by atoms with Gasteiger partial charge in [-0.2, -0.15) is 0 Å². The average molecular weight is 195 g/mol. The van der Waals surface area contributed by atoms with Gasteiger partial charge in [0.15, 0.2) is 0 Å². The van der Waals surface area contributed by atoms with Crippen LogP contribution in [0.2, 0.25) is 0 Å². The number of carboxylic acids is 1. The Bertz CT molecular complexity index is 526. The summed E-state index contributed by atoms with van der Waals surface area (Å²) in [5, 5.41) is 19.6. The molecule has 14 heavy (non-hydrogen) atoms. The fourth-order valence-corrected chi connectivity index (χ4v) is 1.14. The molecule has 7 nitrogen and oxygen atoms in total. The molecule has 0 saturated heterocycles. The molecule has 2 aliphatic heterocycles. The van der Waals surface area contributed by atoms with Crippen LogP contribution in [0.25, 0.3) is 11.3 Å². The molecule has 2 rings (SSSR count). The van der Waals surface area contributed by atoms with Gasteiger partial charge in [-0.15, -0.1) is 4.85 Å². The summed E-state index contributed by atoms with van der Waals surface area (Å²) >= 11 is 0. The lowest BCUT2D eigenvalue weighted by Gasteiger charge is -1.98. The molecular formula is C7H5N3O4. The number of aromatic nitrogens is 3. The van der Waals surface area contributed by atoms with E-state index in [-0.39, 0.29) is 17.0 Å². The summed E-state index contributed by atoms with van der Waals surface area (Å²) in [7, 11) is 0. The standard InChI is InChI=1S/C7H5N3O4/c11-6-5-3(2-10(14)9-6)1-4(8-5)7(12)13/h1-2,14H,(H,9,11)(H,12,13). The molecule has 0 aromatic heterocycles. The third-order valence-electron chi connectivity index (χ3n) is 1.71. The van der Waals surface area contributed by atoms with E-state index in [1.54, 1.807) is 0 Å². The fourth-order valence-electron chi connectivity index (χ4n) is 1.14. The van der Waals surface area contributed by atoms with Gasteiger partial charge in [-0.05, 0) is 6.07 Å². The second-order valence-corrected chi connectivity index (χ2v) is 2.67. The number of nitrogens with zero attached hydrogens (tertiary/aromatic N) is 2. The van der Waals surface area contributed by atoms with Crippen molar-refractivity contribution < 1.29 is 15.1 Å². The van der Waals surface area contributed by atoms with E-state index in [4.69, 9.17) is 10.3 Å². The lowest BCUT2D eigenvalue weighted by molar-refractivity contribution is 0.0691. The van der Waals surface area contributed by atoms with E-state index >= 15 is 0 Å². The minimum absolute atomic E-state index is 0.00676. The molecule has 0 spiro atoms. The number of hydrogen-bond donors (Lipinski definition) is 3. The van der Waals surface area contributed by atoms with Gasteiger partial charge in [-0.3, -0.25) is 4.79 Å². The monoisotopic (exact) mass is 195 g/mol. The van der Waals surface area contributed by atoms with Crippen LogP contribution in [0, 0.1) is 0 Å². The number of carbonyl (C=O) groups is 1. The van der Waals surface area contributed by atoms with Crippen molar-refractivity contribution >= 4 is 5.97 Å². The first-order chi connectivity index (χ1) is 6.58. The number of nitrogens with one attached hydrogen (secondary N) is 1. The number of aromatic amines is 1. The van der Waals surface area contributed by atoms with E-state index < -0.39 is 11.5 Å². The molecule has 0 aliphatic carbocycles. The summed E-state index contributed by atoms with van der Waals surface area (Å²) in [5.41, 5.74) is -0.601. The third kappa shape index (κ3) is 1.11. The van der Waals surface area contributed by atoms with E-state index in [0.29, 0.717) is 4.85 Å². The minimum Gasteiger partial charge on any atom is -0.477 e. The first-order valence-corrected chi connectivity index (χ1v) is 3.63. The number of H-pyrrole nitrogens is 1. The van der Waals surface area contributed by atoms with Gasteiger partial charge in [-0.1, -0.05) is 0 Å². The summed E-state index contributed by atoms with van der Waals surface area (Å²) in [5.74, 6) is -1.22.